The van der Waals surface area contributed by atoms with Crippen LogP contribution in [0.15, 0.2) is 53.6 Å². The standard InChI is InChI=1S/C31H33ClN2O7S/c1-4-5-7-29-33-17-22(13-21(30(35)36)12-20-14-27-28(41-19-40-27)16-25(20)38-3)34(29)24-9-8-23(37-2)15-26(24)39-18-31(32)10-6-11-42-31/h6,8-9,11,13-17H,4-5,7,10,12,18-19H2,1-3H3,(H,35,36)/b21-13+. The number of hydrogen-bond donors (Lipinski definition) is 1. The SMILES string of the molecule is CCCCc1ncc(/C=C(\Cc2cc3c(cc2OC)OCO3)C(=O)O)n1-c1ccc(OC)cc1OCC1(Cl)CC=CS1. The van der Waals surface area contributed by atoms with E-state index in [1.54, 1.807) is 31.5 Å². The maximum atomic E-state index is 12.5. The largest absolute Gasteiger partial charge is 0.497 e. The molecule has 222 valence electrons. The number of methoxy groups -OCH3 is 2. The van der Waals surface area contributed by atoms with E-state index in [9.17, 15) is 9.90 Å². The Hall–Kier alpha value is -3.76. The lowest BCUT2D eigenvalue weighted by Gasteiger charge is -2.23. The van der Waals surface area contributed by atoms with Gasteiger partial charge < -0.3 is 28.8 Å². The summed E-state index contributed by atoms with van der Waals surface area (Å²) in [6.07, 6.45) is 8.74. The molecule has 3 heterocycles. The number of carbonyl (C=O) groups is 1. The van der Waals surface area contributed by atoms with Gasteiger partial charge in [-0.25, -0.2) is 9.78 Å². The van der Waals surface area contributed by atoms with Crippen LogP contribution in [0.1, 0.15) is 43.3 Å². The minimum absolute atomic E-state index is 0.0928. The molecule has 2 aliphatic rings. The second kappa shape index (κ2) is 13.0. The highest BCUT2D eigenvalue weighted by Crippen LogP contribution is 2.42. The Morgan fingerprint density at radius 1 is 1.19 bits per heavy atom. The zero-order valence-corrected chi connectivity index (χ0v) is 25.3. The van der Waals surface area contributed by atoms with Gasteiger partial charge in [0.2, 0.25) is 6.79 Å². The van der Waals surface area contributed by atoms with Crippen molar-refractivity contribution >= 4 is 35.4 Å². The van der Waals surface area contributed by atoms with Gasteiger partial charge in [0.1, 0.15) is 33.9 Å². The van der Waals surface area contributed by atoms with Gasteiger partial charge >= 0.3 is 5.97 Å². The van der Waals surface area contributed by atoms with Gasteiger partial charge in [-0.3, -0.25) is 4.57 Å². The number of alkyl halides is 1. The molecule has 0 saturated heterocycles. The fraction of sp³-hybridized carbons (Fsp3) is 0.355. The van der Waals surface area contributed by atoms with Gasteiger partial charge in [0.15, 0.2) is 11.5 Å². The molecule has 11 heteroatoms. The molecule has 1 aromatic heterocycles. The Bertz CT molecular complexity index is 1510. The molecule has 0 bridgehead atoms. The molecule has 2 aliphatic heterocycles. The molecular weight excluding hydrogens is 580 g/mol. The van der Waals surface area contributed by atoms with E-state index in [4.69, 9.17) is 40.3 Å². The molecule has 1 N–H and O–H groups in total. The normalized spacial score (nSPS) is 17.5. The van der Waals surface area contributed by atoms with Crippen LogP contribution in [0.25, 0.3) is 11.8 Å². The third-order valence-electron chi connectivity index (χ3n) is 7.02. The van der Waals surface area contributed by atoms with E-state index in [1.807, 2.05) is 34.3 Å². The predicted octanol–water partition coefficient (Wildman–Crippen LogP) is 6.64. The third kappa shape index (κ3) is 6.50. The molecule has 0 radical (unpaired) electrons. The predicted molar refractivity (Wildman–Crippen MR) is 163 cm³/mol. The van der Waals surface area contributed by atoms with Crippen LogP contribution in [0.3, 0.4) is 0 Å². The number of aryl methyl sites for hydroxylation is 1. The molecule has 0 aliphatic carbocycles. The van der Waals surface area contributed by atoms with Gasteiger partial charge in [-0.1, -0.05) is 19.4 Å². The van der Waals surface area contributed by atoms with Gasteiger partial charge in [0, 0.05) is 36.1 Å². The van der Waals surface area contributed by atoms with Gasteiger partial charge in [0.25, 0.3) is 0 Å². The Morgan fingerprint density at radius 3 is 2.69 bits per heavy atom. The quantitative estimate of drug-likeness (QED) is 0.168. The van der Waals surface area contributed by atoms with Gasteiger partial charge in [-0.05, 0) is 42.5 Å². The number of nitrogens with zero attached hydrogens (tertiary/aromatic N) is 2. The lowest BCUT2D eigenvalue weighted by atomic mass is 10.0. The van der Waals surface area contributed by atoms with Crippen molar-refractivity contribution in [3.63, 3.8) is 0 Å². The molecule has 0 saturated carbocycles. The van der Waals surface area contributed by atoms with Crippen molar-refractivity contribution < 1.29 is 33.6 Å². The second-order valence-corrected chi connectivity index (χ2v) is 12.1. The van der Waals surface area contributed by atoms with E-state index in [0.717, 1.165) is 18.7 Å². The monoisotopic (exact) mass is 612 g/mol. The van der Waals surface area contributed by atoms with Crippen LogP contribution in [-0.2, 0) is 17.6 Å². The number of hydrogen-bond acceptors (Lipinski definition) is 8. The smallest absolute Gasteiger partial charge is 0.331 e. The molecule has 1 unspecified atom stereocenters. The molecule has 2 aromatic carbocycles. The number of carboxylic acid groups (broad SMARTS) is 1. The molecule has 0 amide bonds. The number of carboxylic acids is 1. The van der Waals surface area contributed by atoms with Gasteiger partial charge in [-0.2, -0.15) is 0 Å². The first-order valence-corrected chi connectivity index (χ1v) is 14.9. The van der Waals surface area contributed by atoms with Crippen LogP contribution >= 0.6 is 23.4 Å². The number of aliphatic carboxylic acids is 1. The topological polar surface area (TPSA) is 101 Å². The molecule has 9 nitrogen and oxygen atoms in total. The third-order valence-corrected chi connectivity index (χ3v) is 8.58. The summed E-state index contributed by atoms with van der Waals surface area (Å²) in [5, 5.41) is 12.2. The Morgan fingerprint density at radius 2 is 2.00 bits per heavy atom. The minimum atomic E-state index is -1.06. The number of rotatable bonds is 13. The van der Waals surface area contributed by atoms with E-state index < -0.39 is 10.2 Å². The van der Waals surface area contributed by atoms with Crippen LogP contribution < -0.4 is 23.7 Å². The van der Waals surface area contributed by atoms with Crippen molar-refractivity contribution in [3.05, 3.63) is 70.7 Å². The molecule has 0 spiro atoms. The molecule has 5 rings (SSSR count). The average molecular weight is 613 g/mol. The van der Waals surface area contributed by atoms with Crippen molar-refractivity contribution in [2.75, 3.05) is 27.6 Å². The fourth-order valence-corrected chi connectivity index (χ4v) is 5.86. The number of imidazole rings is 1. The molecule has 1 atom stereocenters. The summed E-state index contributed by atoms with van der Waals surface area (Å²) < 4.78 is 29.7. The Kier molecular flexibility index (Phi) is 9.23. The number of thioether (sulfide) groups is 1. The average Bonchev–Trinajstić information content (AvgIpc) is 3.74. The zero-order chi connectivity index (χ0) is 29.7. The van der Waals surface area contributed by atoms with Crippen LogP contribution in [0.4, 0.5) is 0 Å². The number of allylic oxidation sites excluding steroid dienone is 1. The summed E-state index contributed by atoms with van der Waals surface area (Å²) in [5.74, 6) is 2.55. The highest BCUT2D eigenvalue weighted by Gasteiger charge is 2.31. The number of unbranched alkanes of at least 4 members (excludes halogenated alkanes) is 1. The summed E-state index contributed by atoms with van der Waals surface area (Å²) in [5.41, 5.74) is 2.13. The summed E-state index contributed by atoms with van der Waals surface area (Å²) in [4.78, 5) is 17.2. The first kappa shape index (κ1) is 29.7. The Balaban J connectivity index is 1.56. The lowest BCUT2D eigenvalue weighted by Crippen LogP contribution is -2.23. The first-order valence-electron chi connectivity index (χ1n) is 13.6. The van der Waals surface area contributed by atoms with Gasteiger partial charge in [-0.15, -0.1) is 23.4 Å². The molecule has 0 fully saturated rings. The zero-order valence-electron chi connectivity index (χ0n) is 23.7. The minimum Gasteiger partial charge on any atom is -0.497 e. The van der Waals surface area contributed by atoms with E-state index in [1.165, 1.54) is 18.9 Å². The summed E-state index contributed by atoms with van der Waals surface area (Å²) in [7, 11) is 3.14. The number of aromatic nitrogens is 2. The highest BCUT2D eigenvalue weighted by molar-refractivity contribution is 8.04. The maximum absolute atomic E-state index is 12.5. The van der Waals surface area contributed by atoms with Crippen LogP contribution in [0, 0.1) is 0 Å². The Labute approximate surface area is 254 Å². The molecule has 3 aromatic rings. The van der Waals surface area contributed by atoms with Crippen molar-refractivity contribution in [1.29, 1.82) is 0 Å². The lowest BCUT2D eigenvalue weighted by molar-refractivity contribution is -0.132. The summed E-state index contributed by atoms with van der Waals surface area (Å²) >= 11 is 8.29. The van der Waals surface area contributed by atoms with Crippen LogP contribution in [0.5, 0.6) is 28.7 Å². The van der Waals surface area contributed by atoms with Crippen molar-refractivity contribution in [1.82, 2.24) is 9.55 Å². The van der Waals surface area contributed by atoms with Crippen molar-refractivity contribution in [2.45, 2.75) is 43.2 Å². The van der Waals surface area contributed by atoms with Crippen molar-refractivity contribution in [3.8, 4) is 34.4 Å². The van der Waals surface area contributed by atoms with E-state index in [2.05, 4.69) is 6.92 Å². The fourth-order valence-electron chi connectivity index (χ4n) is 4.80. The molecule has 42 heavy (non-hydrogen) atoms. The van der Waals surface area contributed by atoms with E-state index >= 15 is 0 Å². The molecular formula is C31H33ClN2O7S. The number of halogens is 1. The summed E-state index contributed by atoms with van der Waals surface area (Å²) in [6, 6.07) is 9.03. The summed E-state index contributed by atoms with van der Waals surface area (Å²) in [6.45, 7) is 2.49. The van der Waals surface area contributed by atoms with Crippen LogP contribution in [-0.4, -0.2) is 52.5 Å². The second-order valence-electron chi connectivity index (χ2n) is 9.91. The maximum Gasteiger partial charge on any atom is 0.331 e. The number of benzene rings is 2. The van der Waals surface area contributed by atoms with E-state index in [-0.39, 0.29) is 25.4 Å². The van der Waals surface area contributed by atoms with Crippen molar-refractivity contribution in [2.24, 2.45) is 0 Å². The number of fused-ring (bicyclic) bond motifs is 1. The highest BCUT2D eigenvalue weighted by atomic mass is 35.5. The van der Waals surface area contributed by atoms with E-state index in [0.29, 0.717) is 58.5 Å². The van der Waals surface area contributed by atoms with Gasteiger partial charge in [0.05, 0.1) is 31.8 Å². The van der Waals surface area contributed by atoms with Crippen LogP contribution in [0.2, 0.25) is 0 Å². The number of ether oxygens (including phenoxy) is 5. The first-order chi connectivity index (χ1) is 20.3.